The van der Waals surface area contributed by atoms with Gasteiger partial charge in [0.15, 0.2) is 0 Å². The number of hydrogen-bond acceptors (Lipinski definition) is 2. The summed E-state index contributed by atoms with van der Waals surface area (Å²) >= 11 is 0. The lowest BCUT2D eigenvalue weighted by atomic mass is 9.96. The van der Waals surface area contributed by atoms with Crippen LogP contribution in [0.5, 0.6) is 0 Å². The van der Waals surface area contributed by atoms with Crippen molar-refractivity contribution in [3.8, 4) is 0 Å². The zero-order chi connectivity index (χ0) is 10.4. The van der Waals surface area contributed by atoms with E-state index in [0.717, 1.165) is 12.5 Å². The highest BCUT2D eigenvalue weighted by molar-refractivity contribution is 4.71. The van der Waals surface area contributed by atoms with Crippen LogP contribution in [0.15, 0.2) is 0 Å². The van der Waals surface area contributed by atoms with Crippen LogP contribution in [0.3, 0.4) is 0 Å². The average Bonchev–Trinajstić information content (AvgIpc) is 2.31. The molecule has 0 aromatic heterocycles. The van der Waals surface area contributed by atoms with Gasteiger partial charge in [0.25, 0.3) is 0 Å². The SMILES string of the molecule is CCCC1CCCN(C[C@H](C)O)CC1. The third-order valence-electron chi connectivity index (χ3n) is 3.16. The first-order valence-corrected chi connectivity index (χ1v) is 6.12. The lowest BCUT2D eigenvalue weighted by Crippen LogP contribution is -2.31. The molecular weight excluding hydrogens is 174 g/mol. The van der Waals surface area contributed by atoms with Gasteiger partial charge < -0.3 is 10.0 Å². The number of hydrogen-bond donors (Lipinski definition) is 1. The summed E-state index contributed by atoms with van der Waals surface area (Å²) in [6, 6.07) is 0. The summed E-state index contributed by atoms with van der Waals surface area (Å²) in [6.45, 7) is 7.40. The van der Waals surface area contributed by atoms with Gasteiger partial charge in [-0.25, -0.2) is 0 Å². The lowest BCUT2D eigenvalue weighted by molar-refractivity contribution is 0.128. The van der Waals surface area contributed by atoms with E-state index in [9.17, 15) is 5.11 Å². The van der Waals surface area contributed by atoms with E-state index in [2.05, 4.69) is 11.8 Å². The fraction of sp³-hybridized carbons (Fsp3) is 1.00. The Morgan fingerprint density at radius 3 is 2.79 bits per heavy atom. The first-order chi connectivity index (χ1) is 6.72. The van der Waals surface area contributed by atoms with Crippen molar-refractivity contribution in [1.82, 2.24) is 4.90 Å². The highest BCUT2D eigenvalue weighted by Crippen LogP contribution is 2.21. The van der Waals surface area contributed by atoms with Gasteiger partial charge >= 0.3 is 0 Å². The zero-order valence-corrected chi connectivity index (χ0v) is 9.71. The van der Waals surface area contributed by atoms with Crippen molar-refractivity contribution in [2.45, 2.75) is 52.1 Å². The van der Waals surface area contributed by atoms with E-state index in [1.807, 2.05) is 6.92 Å². The van der Waals surface area contributed by atoms with Crippen molar-refractivity contribution in [3.63, 3.8) is 0 Å². The maximum atomic E-state index is 9.32. The smallest absolute Gasteiger partial charge is 0.0639 e. The zero-order valence-electron chi connectivity index (χ0n) is 9.71. The maximum Gasteiger partial charge on any atom is 0.0639 e. The predicted octanol–water partition coefficient (Wildman–Crippen LogP) is 2.27. The van der Waals surface area contributed by atoms with Crippen molar-refractivity contribution in [1.29, 1.82) is 0 Å². The van der Waals surface area contributed by atoms with Gasteiger partial charge in [-0.15, -0.1) is 0 Å². The first kappa shape index (κ1) is 12.0. The van der Waals surface area contributed by atoms with Crippen LogP contribution in [0.2, 0.25) is 0 Å². The summed E-state index contributed by atoms with van der Waals surface area (Å²) in [4.78, 5) is 2.42. The molecule has 0 aromatic carbocycles. The van der Waals surface area contributed by atoms with Crippen molar-refractivity contribution >= 4 is 0 Å². The van der Waals surface area contributed by atoms with E-state index in [0.29, 0.717) is 0 Å². The van der Waals surface area contributed by atoms with Crippen LogP contribution in [0.25, 0.3) is 0 Å². The van der Waals surface area contributed by atoms with Crippen LogP contribution >= 0.6 is 0 Å². The second-order valence-corrected chi connectivity index (χ2v) is 4.74. The summed E-state index contributed by atoms with van der Waals surface area (Å²) in [5, 5.41) is 9.32. The molecule has 0 saturated carbocycles. The van der Waals surface area contributed by atoms with Gasteiger partial charge in [0, 0.05) is 6.54 Å². The summed E-state index contributed by atoms with van der Waals surface area (Å²) in [5.41, 5.74) is 0. The van der Waals surface area contributed by atoms with E-state index < -0.39 is 0 Å². The molecule has 2 heteroatoms. The minimum atomic E-state index is -0.169. The Bertz CT molecular complexity index is 147. The second-order valence-electron chi connectivity index (χ2n) is 4.74. The van der Waals surface area contributed by atoms with Gasteiger partial charge in [0.2, 0.25) is 0 Å². The quantitative estimate of drug-likeness (QED) is 0.751. The molecule has 1 aliphatic heterocycles. The van der Waals surface area contributed by atoms with E-state index in [4.69, 9.17) is 0 Å². The molecule has 0 radical (unpaired) electrons. The number of β-amino-alcohol motifs (C(OH)–C–C–N with tert-alkyl or cyclic N) is 1. The first-order valence-electron chi connectivity index (χ1n) is 6.12. The summed E-state index contributed by atoms with van der Waals surface area (Å²) < 4.78 is 0. The van der Waals surface area contributed by atoms with Gasteiger partial charge in [-0.1, -0.05) is 19.8 Å². The highest BCUT2D eigenvalue weighted by atomic mass is 16.3. The topological polar surface area (TPSA) is 23.5 Å². The molecule has 0 spiro atoms. The Labute approximate surface area is 88.3 Å². The molecule has 1 aliphatic rings. The molecule has 0 bridgehead atoms. The van der Waals surface area contributed by atoms with Crippen molar-refractivity contribution in [2.24, 2.45) is 5.92 Å². The van der Waals surface area contributed by atoms with E-state index in [1.54, 1.807) is 0 Å². The highest BCUT2D eigenvalue weighted by Gasteiger charge is 2.16. The molecule has 1 N–H and O–H groups in total. The number of aliphatic hydroxyl groups excluding tert-OH is 1. The van der Waals surface area contributed by atoms with Crippen LogP contribution < -0.4 is 0 Å². The van der Waals surface area contributed by atoms with Crippen LogP contribution in [0.1, 0.15) is 46.0 Å². The van der Waals surface area contributed by atoms with Gasteiger partial charge in [0.1, 0.15) is 0 Å². The Morgan fingerprint density at radius 1 is 1.36 bits per heavy atom. The van der Waals surface area contributed by atoms with E-state index in [-0.39, 0.29) is 6.10 Å². The summed E-state index contributed by atoms with van der Waals surface area (Å²) in [7, 11) is 0. The fourth-order valence-corrected chi connectivity index (χ4v) is 2.48. The molecule has 14 heavy (non-hydrogen) atoms. The molecule has 2 nitrogen and oxygen atoms in total. The molecule has 1 unspecified atom stereocenters. The van der Waals surface area contributed by atoms with Crippen molar-refractivity contribution < 1.29 is 5.11 Å². The summed E-state index contributed by atoms with van der Waals surface area (Å²) in [6.07, 6.45) is 6.59. The second kappa shape index (κ2) is 6.41. The van der Waals surface area contributed by atoms with Gasteiger partial charge in [-0.3, -0.25) is 0 Å². The molecule has 1 saturated heterocycles. The minimum Gasteiger partial charge on any atom is -0.392 e. The fourth-order valence-electron chi connectivity index (χ4n) is 2.48. The molecule has 1 heterocycles. The molecule has 0 amide bonds. The predicted molar refractivity (Wildman–Crippen MR) is 60.4 cm³/mol. The minimum absolute atomic E-state index is 0.169. The van der Waals surface area contributed by atoms with Crippen LogP contribution in [0.4, 0.5) is 0 Å². The number of nitrogens with zero attached hydrogens (tertiary/aromatic N) is 1. The van der Waals surface area contributed by atoms with Crippen molar-refractivity contribution in [2.75, 3.05) is 19.6 Å². The Balaban J connectivity index is 2.25. The van der Waals surface area contributed by atoms with Crippen LogP contribution in [0, 0.1) is 5.92 Å². The average molecular weight is 199 g/mol. The largest absolute Gasteiger partial charge is 0.392 e. The third kappa shape index (κ3) is 4.43. The van der Waals surface area contributed by atoms with Crippen LogP contribution in [-0.4, -0.2) is 35.7 Å². The molecule has 0 aromatic rings. The number of aliphatic hydroxyl groups is 1. The van der Waals surface area contributed by atoms with Gasteiger partial charge in [-0.05, 0) is 45.2 Å². The molecule has 1 fully saturated rings. The summed E-state index contributed by atoms with van der Waals surface area (Å²) in [5.74, 6) is 0.944. The van der Waals surface area contributed by atoms with Gasteiger partial charge in [-0.2, -0.15) is 0 Å². The molecule has 1 rings (SSSR count). The van der Waals surface area contributed by atoms with E-state index in [1.165, 1.54) is 45.2 Å². The van der Waals surface area contributed by atoms with Crippen molar-refractivity contribution in [3.05, 3.63) is 0 Å². The normalized spacial score (nSPS) is 27.2. The maximum absolute atomic E-state index is 9.32. The van der Waals surface area contributed by atoms with Gasteiger partial charge in [0.05, 0.1) is 6.10 Å². The molecular formula is C12H25NO. The number of rotatable bonds is 4. The Hall–Kier alpha value is -0.0800. The van der Waals surface area contributed by atoms with E-state index >= 15 is 0 Å². The third-order valence-corrected chi connectivity index (χ3v) is 3.16. The monoisotopic (exact) mass is 199 g/mol. The molecule has 0 aliphatic carbocycles. The Kier molecular flexibility index (Phi) is 5.49. The molecule has 2 atom stereocenters. The standard InChI is InChI=1S/C12H25NO/c1-3-5-12-6-4-8-13(9-7-12)10-11(2)14/h11-12,14H,3-10H2,1-2H3/t11-,12?/m0/s1. The lowest BCUT2D eigenvalue weighted by Gasteiger charge is -2.21. The van der Waals surface area contributed by atoms with Crippen LogP contribution in [-0.2, 0) is 0 Å². The Morgan fingerprint density at radius 2 is 2.14 bits per heavy atom. The number of likely N-dealkylation sites (tertiary alicyclic amines) is 1. The molecule has 84 valence electrons.